The first kappa shape index (κ1) is 7.03. The Kier molecular flexibility index (Phi) is 1.43. The fourth-order valence-corrected chi connectivity index (χ4v) is 1.12. The average Bonchev–Trinajstić information content (AvgIpc) is 2.12. The summed E-state index contributed by atoms with van der Waals surface area (Å²) >= 11 is 0. The van der Waals surface area contributed by atoms with Gasteiger partial charge in [-0.1, -0.05) is 12.1 Å². The number of hydrogen-bond acceptors (Lipinski definition) is 2. The van der Waals surface area contributed by atoms with Crippen LogP contribution in [0.4, 0.5) is 0 Å². The van der Waals surface area contributed by atoms with E-state index in [1.807, 2.05) is 12.1 Å². The minimum Gasteiger partial charge on any atom is -0.309 e. The second-order valence-electron chi connectivity index (χ2n) is 2.56. The lowest BCUT2D eigenvalue weighted by molar-refractivity contribution is 0.891. The van der Waals surface area contributed by atoms with Crippen molar-refractivity contribution in [2.75, 3.05) is 0 Å². The van der Waals surface area contributed by atoms with E-state index in [4.69, 9.17) is 0 Å². The highest BCUT2D eigenvalue weighted by Crippen LogP contribution is 2.04. The molecule has 0 unspecified atom stereocenters. The smallest absolute Gasteiger partial charge is 0.269 e. The maximum absolute atomic E-state index is 11.1. The van der Waals surface area contributed by atoms with Gasteiger partial charge in [-0.25, -0.2) is 4.98 Å². The predicted octanol–water partition coefficient (Wildman–Crippen LogP) is 0.734. The Morgan fingerprint density at radius 3 is 3.25 bits per heavy atom. The van der Waals surface area contributed by atoms with E-state index in [0.717, 1.165) is 11.0 Å². The molecule has 0 bridgehead atoms. The molecule has 1 aromatic carbocycles. The molecule has 0 aliphatic carbocycles. The summed E-state index contributed by atoms with van der Waals surface area (Å²) < 4.78 is 1.55. The number of rotatable bonds is 0. The van der Waals surface area contributed by atoms with E-state index in [1.165, 1.54) is 6.20 Å². The molecule has 0 amide bonds. The van der Waals surface area contributed by atoms with Crippen LogP contribution in [-0.4, -0.2) is 9.55 Å². The van der Waals surface area contributed by atoms with Gasteiger partial charge < -0.3 is 4.57 Å². The molecule has 3 nitrogen and oxygen atoms in total. The highest BCUT2D eigenvalue weighted by molar-refractivity contribution is 5.73. The molecule has 12 heavy (non-hydrogen) atoms. The Bertz CT molecular complexity index is 473. The third-order valence-corrected chi connectivity index (χ3v) is 1.81. The Balaban J connectivity index is 3.01. The van der Waals surface area contributed by atoms with Crippen LogP contribution in [0.15, 0.2) is 29.2 Å². The monoisotopic (exact) mass is 159 g/mol. The molecule has 3 heteroatoms. The molecule has 59 valence electrons. The van der Waals surface area contributed by atoms with Crippen LogP contribution in [-0.2, 0) is 7.05 Å². The molecule has 0 spiro atoms. The van der Waals surface area contributed by atoms with E-state index in [9.17, 15) is 4.79 Å². The first-order chi connectivity index (χ1) is 5.79. The van der Waals surface area contributed by atoms with Crippen molar-refractivity contribution < 1.29 is 0 Å². The fourth-order valence-electron chi connectivity index (χ4n) is 1.12. The van der Waals surface area contributed by atoms with Crippen molar-refractivity contribution in [3.8, 4) is 0 Å². The molecule has 1 aromatic heterocycles. The van der Waals surface area contributed by atoms with Crippen molar-refractivity contribution in [1.29, 1.82) is 0 Å². The van der Waals surface area contributed by atoms with Gasteiger partial charge in [-0.05, 0) is 6.07 Å². The molecule has 0 aliphatic heterocycles. The van der Waals surface area contributed by atoms with Crippen LogP contribution in [0, 0.1) is 6.07 Å². The second kappa shape index (κ2) is 2.44. The molecular weight excluding hydrogens is 152 g/mol. The lowest BCUT2D eigenvalue weighted by atomic mass is 10.3. The van der Waals surface area contributed by atoms with Crippen LogP contribution >= 0.6 is 0 Å². The number of hydrogen-bond donors (Lipinski definition) is 0. The Morgan fingerprint density at radius 2 is 2.42 bits per heavy atom. The van der Waals surface area contributed by atoms with Crippen molar-refractivity contribution in [2.45, 2.75) is 0 Å². The molecule has 1 heterocycles. The van der Waals surface area contributed by atoms with E-state index in [-0.39, 0.29) is 5.56 Å². The van der Waals surface area contributed by atoms with Gasteiger partial charge in [0.1, 0.15) is 0 Å². The summed E-state index contributed by atoms with van der Waals surface area (Å²) in [6, 6.07) is 8.41. The van der Waals surface area contributed by atoms with Crippen LogP contribution in [0.5, 0.6) is 0 Å². The first-order valence-electron chi connectivity index (χ1n) is 3.61. The highest BCUT2D eigenvalue weighted by Gasteiger charge is 1.97. The van der Waals surface area contributed by atoms with Gasteiger partial charge >= 0.3 is 0 Å². The summed E-state index contributed by atoms with van der Waals surface area (Å²) in [7, 11) is 1.72. The summed E-state index contributed by atoms with van der Waals surface area (Å²) in [5, 5.41) is 0. The Hall–Kier alpha value is -1.64. The number of aromatic nitrogens is 2. The third-order valence-electron chi connectivity index (χ3n) is 1.81. The highest BCUT2D eigenvalue weighted by atomic mass is 16.1. The van der Waals surface area contributed by atoms with Crippen molar-refractivity contribution in [3.63, 3.8) is 0 Å². The number of aryl methyl sites for hydroxylation is 1. The number of para-hydroxylation sites is 1. The van der Waals surface area contributed by atoms with Gasteiger partial charge in [-0.3, -0.25) is 4.79 Å². The quantitative estimate of drug-likeness (QED) is 0.568. The number of fused-ring (bicyclic) bond motifs is 1. The summed E-state index contributed by atoms with van der Waals surface area (Å²) in [6.45, 7) is 0. The molecule has 0 saturated carbocycles. The molecule has 0 saturated heterocycles. The SMILES string of the molecule is Cn1c(=O)cnc2[c]cccc21. The number of nitrogens with zero attached hydrogens (tertiary/aromatic N) is 2. The van der Waals surface area contributed by atoms with Gasteiger partial charge in [0.25, 0.3) is 5.56 Å². The molecule has 0 aliphatic rings. The largest absolute Gasteiger partial charge is 0.309 e. The molecule has 0 fully saturated rings. The average molecular weight is 159 g/mol. The standard InChI is InChI=1S/C9H7N2O/c1-11-8-5-3-2-4-7(8)10-6-9(11)12/h2-3,5-6H,1H3. The van der Waals surface area contributed by atoms with E-state index in [0.29, 0.717) is 0 Å². The van der Waals surface area contributed by atoms with Crippen molar-refractivity contribution in [3.05, 3.63) is 40.8 Å². The maximum Gasteiger partial charge on any atom is 0.269 e. The lowest BCUT2D eigenvalue weighted by Gasteiger charge is -2.00. The van der Waals surface area contributed by atoms with Gasteiger partial charge in [-0.2, -0.15) is 0 Å². The topological polar surface area (TPSA) is 34.9 Å². The zero-order valence-electron chi connectivity index (χ0n) is 6.61. The van der Waals surface area contributed by atoms with E-state index in [2.05, 4.69) is 11.1 Å². The van der Waals surface area contributed by atoms with Gasteiger partial charge in [0.2, 0.25) is 0 Å². The second-order valence-corrected chi connectivity index (χ2v) is 2.56. The fraction of sp³-hybridized carbons (Fsp3) is 0.111. The predicted molar refractivity (Wildman–Crippen MR) is 45.8 cm³/mol. The summed E-state index contributed by atoms with van der Waals surface area (Å²) in [5.74, 6) is 0. The molecule has 0 N–H and O–H groups in total. The van der Waals surface area contributed by atoms with Crippen molar-refractivity contribution in [1.82, 2.24) is 9.55 Å². The van der Waals surface area contributed by atoms with Crippen LogP contribution in [0.2, 0.25) is 0 Å². The molecule has 0 atom stereocenters. The first-order valence-corrected chi connectivity index (χ1v) is 3.61. The molecule has 1 radical (unpaired) electrons. The van der Waals surface area contributed by atoms with Crippen LogP contribution < -0.4 is 5.56 Å². The molecule has 2 aromatic rings. The third kappa shape index (κ3) is 0.906. The molecular formula is C9H7N2O. The van der Waals surface area contributed by atoms with Crippen LogP contribution in [0.1, 0.15) is 0 Å². The van der Waals surface area contributed by atoms with Crippen LogP contribution in [0.3, 0.4) is 0 Å². The van der Waals surface area contributed by atoms with Gasteiger partial charge in [-0.15, -0.1) is 0 Å². The van der Waals surface area contributed by atoms with Crippen molar-refractivity contribution >= 4 is 11.0 Å². The van der Waals surface area contributed by atoms with Gasteiger partial charge in [0.15, 0.2) is 0 Å². The zero-order valence-corrected chi connectivity index (χ0v) is 6.61. The zero-order chi connectivity index (χ0) is 8.55. The van der Waals surface area contributed by atoms with Crippen LogP contribution in [0.25, 0.3) is 11.0 Å². The summed E-state index contributed by atoms with van der Waals surface area (Å²) in [4.78, 5) is 15.1. The number of benzene rings is 1. The maximum atomic E-state index is 11.1. The Morgan fingerprint density at radius 1 is 1.58 bits per heavy atom. The Labute approximate surface area is 69.3 Å². The van der Waals surface area contributed by atoms with Gasteiger partial charge in [0.05, 0.1) is 17.2 Å². The summed E-state index contributed by atoms with van der Waals surface area (Å²) in [5.41, 5.74) is 1.44. The van der Waals surface area contributed by atoms with Gasteiger partial charge in [0, 0.05) is 13.1 Å². The lowest BCUT2D eigenvalue weighted by Crippen LogP contribution is -2.16. The van der Waals surface area contributed by atoms with Crippen molar-refractivity contribution in [2.24, 2.45) is 7.05 Å². The normalized spacial score (nSPS) is 10.4. The summed E-state index contributed by atoms with van der Waals surface area (Å²) in [6.07, 6.45) is 1.30. The van der Waals surface area contributed by atoms with E-state index < -0.39 is 0 Å². The van der Waals surface area contributed by atoms with E-state index in [1.54, 1.807) is 17.7 Å². The minimum atomic E-state index is -0.0953. The minimum absolute atomic E-state index is 0.0953. The molecule has 2 rings (SSSR count). The van der Waals surface area contributed by atoms with E-state index >= 15 is 0 Å².